The second-order valence-corrected chi connectivity index (χ2v) is 2.68. The van der Waals surface area contributed by atoms with Crippen LogP contribution in [0.25, 0.3) is 0 Å². The Morgan fingerprint density at radius 3 is 2.77 bits per heavy atom. The maximum atomic E-state index is 13.0. The number of halogens is 2. The molecule has 0 unspecified atom stereocenters. The Morgan fingerprint density at radius 2 is 2.23 bits per heavy atom. The van der Waals surface area contributed by atoms with Gasteiger partial charge in [0.1, 0.15) is 5.82 Å². The van der Waals surface area contributed by atoms with Crippen molar-refractivity contribution in [2.75, 3.05) is 0 Å². The van der Waals surface area contributed by atoms with Crippen molar-refractivity contribution in [2.45, 2.75) is 0 Å². The van der Waals surface area contributed by atoms with Gasteiger partial charge in [0.05, 0.1) is 16.8 Å². The van der Waals surface area contributed by atoms with Gasteiger partial charge >= 0.3 is 0 Å². The van der Waals surface area contributed by atoms with E-state index in [1.54, 1.807) is 0 Å². The van der Waals surface area contributed by atoms with Crippen molar-refractivity contribution in [2.24, 2.45) is 0 Å². The third-order valence-electron chi connectivity index (χ3n) is 1.44. The predicted molar refractivity (Wildman–Crippen MR) is 47.5 cm³/mol. The summed E-state index contributed by atoms with van der Waals surface area (Å²) in [6, 6.07) is 3.94. The van der Waals surface area contributed by atoms with E-state index in [0.717, 1.165) is 12.1 Å². The average Bonchev–Trinajstić information content (AvgIpc) is 2.04. The van der Waals surface area contributed by atoms with Gasteiger partial charge in [0.15, 0.2) is 5.78 Å². The number of hydrogen-bond acceptors (Lipinski definition) is 2. The maximum absolute atomic E-state index is 13.0. The lowest BCUT2D eigenvalue weighted by Gasteiger charge is -1.99. The van der Waals surface area contributed by atoms with Gasteiger partial charge in [-0.05, 0) is 12.1 Å². The van der Waals surface area contributed by atoms with Gasteiger partial charge in [-0.15, -0.1) is 0 Å². The van der Waals surface area contributed by atoms with Crippen molar-refractivity contribution in [1.82, 2.24) is 0 Å². The Balaban J connectivity index is 3.20. The Hall–Kier alpha value is -1.35. The summed E-state index contributed by atoms with van der Waals surface area (Å²) >= 11 is 5.58. The zero-order valence-corrected chi connectivity index (χ0v) is 7.25. The summed E-state index contributed by atoms with van der Waals surface area (Å²) in [7, 11) is 0. The highest BCUT2D eigenvalue weighted by Crippen LogP contribution is 2.19. The first-order valence-electron chi connectivity index (χ1n) is 3.46. The van der Waals surface area contributed by atoms with Crippen molar-refractivity contribution in [3.8, 4) is 0 Å². The molecule has 0 fully saturated rings. The number of rotatable bonds is 2. The summed E-state index contributed by atoms with van der Waals surface area (Å²) in [4.78, 5) is 11.1. The largest absolute Gasteiger partial charge is 0.515 e. The molecule has 1 aromatic rings. The van der Waals surface area contributed by atoms with E-state index < -0.39 is 11.6 Å². The van der Waals surface area contributed by atoms with Gasteiger partial charge in [-0.2, -0.15) is 0 Å². The fourth-order valence-corrected chi connectivity index (χ4v) is 1.14. The average molecular weight is 201 g/mol. The molecule has 1 N–H and O–H groups in total. The molecule has 0 radical (unpaired) electrons. The highest BCUT2D eigenvalue weighted by molar-refractivity contribution is 6.34. The van der Waals surface area contributed by atoms with Gasteiger partial charge in [-0.25, -0.2) is 4.39 Å². The van der Waals surface area contributed by atoms with Gasteiger partial charge in [-0.1, -0.05) is 17.7 Å². The summed E-state index contributed by atoms with van der Waals surface area (Å²) in [5.41, 5.74) is -0.227. The zero-order chi connectivity index (χ0) is 9.84. The molecular weight excluding hydrogens is 195 g/mol. The van der Waals surface area contributed by atoms with Crippen LogP contribution in [0.5, 0.6) is 0 Å². The molecule has 0 bridgehead atoms. The lowest BCUT2D eigenvalue weighted by Crippen LogP contribution is -1.99. The molecular formula is C9H6ClFO2. The van der Waals surface area contributed by atoms with Gasteiger partial charge in [0.2, 0.25) is 0 Å². The Morgan fingerprint density at radius 1 is 1.54 bits per heavy atom. The minimum absolute atomic E-state index is 0.0306. The highest BCUT2D eigenvalue weighted by atomic mass is 35.5. The summed E-state index contributed by atoms with van der Waals surface area (Å²) in [5, 5.41) is 8.34. The smallest absolute Gasteiger partial charge is 0.193 e. The molecule has 0 aliphatic heterocycles. The molecule has 13 heavy (non-hydrogen) atoms. The van der Waals surface area contributed by atoms with Crippen LogP contribution in [0, 0.1) is 5.82 Å². The third kappa shape index (κ3) is 2.06. The minimum Gasteiger partial charge on any atom is -0.515 e. The van der Waals surface area contributed by atoms with Gasteiger partial charge < -0.3 is 5.11 Å². The Kier molecular flexibility index (Phi) is 3.03. The number of benzene rings is 1. The maximum Gasteiger partial charge on any atom is 0.193 e. The molecule has 0 aliphatic carbocycles. The fourth-order valence-electron chi connectivity index (χ4n) is 0.884. The predicted octanol–water partition coefficient (Wildman–Crippen LogP) is 2.73. The lowest BCUT2D eigenvalue weighted by atomic mass is 10.1. The molecule has 0 saturated heterocycles. The number of aliphatic hydroxyl groups excluding tert-OH is 1. The van der Waals surface area contributed by atoms with Crippen LogP contribution in [0.1, 0.15) is 10.4 Å². The van der Waals surface area contributed by atoms with Crippen LogP contribution in [-0.2, 0) is 0 Å². The Labute approximate surface area is 79.3 Å². The first-order valence-corrected chi connectivity index (χ1v) is 3.83. The van der Waals surface area contributed by atoms with Crippen LogP contribution in [0.2, 0.25) is 5.02 Å². The zero-order valence-electron chi connectivity index (χ0n) is 6.50. The van der Waals surface area contributed by atoms with E-state index in [9.17, 15) is 9.18 Å². The van der Waals surface area contributed by atoms with Crippen molar-refractivity contribution in [3.63, 3.8) is 0 Å². The van der Waals surface area contributed by atoms with E-state index in [0.29, 0.717) is 6.26 Å². The van der Waals surface area contributed by atoms with Crippen molar-refractivity contribution < 1.29 is 14.3 Å². The molecule has 0 aliphatic rings. The van der Waals surface area contributed by atoms with Crippen LogP contribution < -0.4 is 0 Å². The lowest BCUT2D eigenvalue weighted by molar-refractivity contribution is 0.104. The van der Waals surface area contributed by atoms with E-state index in [1.807, 2.05) is 0 Å². The summed E-state index contributed by atoms with van der Waals surface area (Å²) in [5.74, 6) is -1.36. The Bertz CT molecular complexity index is 340. The molecule has 0 saturated carbocycles. The van der Waals surface area contributed by atoms with Gasteiger partial charge in [0.25, 0.3) is 0 Å². The van der Waals surface area contributed by atoms with E-state index in [1.165, 1.54) is 12.1 Å². The van der Waals surface area contributed by atoms with Crippen molar-refractivity contribution >= 4 is 17.4 Å². The van der Waals surface area contributed by atoms with E-state index in [2.05, 4.69) is 0 Å². The van der Waals surface area contributed by atoms with Crippen molar-refractivity contribution in [1.29, 1.82) is 0 Å². The molecule has 0 atom stereocenters. The second-order valence-electron chi connectivity index (χ2n) is 2.28. The summed E-state index contributed by atoms with van der Waals surface area (Å²) in [6.45, 7) is 0. The van der Waals surface area contributed by atoms with E-state index in [4.69, 9.17) is 16.7 Å². The summed E-state index contributed by atoms with van der Waals surface area (Å²) in [6.07, 6.45) is 1.38. The van der Waals surface area contributed by atoms with Crippen LogP contribution >= 0.6 is 11.6 Å². The van der Waals surface area contributed by atoms with Crippen LogP contribution in [0.4, 0.5) is 4.39 Å². The second kappa shape index (κ2) is 4.05. The molecule has 2 nitrogen and oxygen atoms in total. The van der Waals surface area contributed by atoms with Crippen molar-refractivity contribution in [3.05, 3.63) is 46.9 Å². The van der Waals surface area contributed by atoms with Gasteiger partial charge in [-0.3, -0.25) is 4.79 Å². The molecule has 1 aromatic carbocycles. The molecule has 0 spiro atoms. The monoisotopic (exact) mass is 200 g/mol. The quantitative estimate of drug-likeness (QED) is 0.453. The van der Waals surface area contributed by atoms with Gasteiger partial charge in [0, 0.05) is 6.08 Å². The number of aliphatic hydroxyl groups is 1. The number of allylic oxidation sites excluding steroid dienone is 1. The van der Waals surface area contributed by atoms with Crippen LogP contribution in [-0.4, -0.2) is 10.9 Å². The number of carbonyl (C=O) groups is 1. The molecule has 4 heteroatoms. The standard InChI is InChI=1S/C9H6ClFO2/c10-6-2-1-3-7(11)9(6)8(13)4-5-12/h1-5,12H/b5-4+. The molecule has 0 amide bonds. The summed E-state index contributed by atoms with van der Waals surface area (Å²) < 4.78 is 13.0. The number of hydrogen-bond donors (Lipinski definition) is 1. The first kappa shape index (κ1) is 9.74. The van der Waals surface area contributed by atoms with E-state index in [-0.39, 0.29) is 10.6 Å². The SMILES string of the molecule is O=C(/C=C/O)c1c(F)cccc1Cl. The normalized spacial score (nSPS) is 10.6. The number of ketones is 1. The molecule has 68 valence electrons. The third-order valence-corrected chi connectivity index (χ3v) is 1.75. The minimum atomic E-state index is -0.699. The highest BCUT2D eigenvalue weighted by Gasteiger charge is 2.12. The number of carbonyl (C=O) groups excluding carboxylic acids is 1. The fraction of sp³-hybridized carbons (Fsp3) is 0. The van der Waals surface area contributed by atoms with E-state index >= 15 is 0 Å². The van der Waals surface area contributed by atoms with Crippen LogP contribution in [0.15, 0.2) is 30.5 Å². The van der Waals surface area contributed by atoms with Crippen LogP contribution in [0.3, 0.4) is 0 Å². The first-order chi connectivity index (χ1) is 6.16. The molecule has 0 aromatic heterocycles. The molecule has 0 heterocycles. The molecule has 1 rings (SSSR count). The topological polar surface area (TPSA) is 37.3 Å².